The summed E-state index contributed by atoms with van der Waals surface area (Å²) in [4.78, 5) is 11.2. The molecule has 0 bridgehead atoms. The van der Waals surface area contributed by atoms with Crippen LogP contribution in [0.3, 0.4) is 0 Å². The van der Waals surface area contributed by atoms with E-state index in [9.17, 15) is 4.79 Å². The molecule has 0 amide bonds. The summed E-state index contributed by atoms with van der Waals surface area (Å²) in [5, 5.41) is 1.67. The topological polar surface area (TPSA) is 58.4 Å². The van der Waals surface area contributed by atoms with E-state index in [1.54, 1.807) is 12.1 Å². The number of ketones is 1. The van der Waals surface area contributed by atoms with Gasteiger partial charge in [-0.15, -0.1) is 0 Å². The van der Waals surface area contributed by atoms with Crippen molar-refractivity contribution in [3.8, 4) is 0 Å². The number of thiocarbonyl (C=S) groups is 1. The maximum Gasteiger partial charge on any atom is 0.173 e. The lowest BCUT2D eigenvalue weighted by atomic mass is 10.2. The Morgan fingerprint density at radius 1 is 2.00 bits per heavy atom. The third kappa shape index (κ3) is 1.31. The van der Waals surface area contributed by atoms with Crippen molar-refractivity contribution in [2.75, 3.05) is 13.6 Å². The molecule has 1 saturated heterocycles. The molecule has 0 aromatic rings. The normalized spacial score (nSPS) is 27.3. The van der Waals surface area contributed by atoms with Crippen molar-refractivity contribution in [2.45, 2.75) is 6.04 Å². The van der Waals surface area contributed by atoms with E-state index in [0.717, 1.165) is 0 Å². The van der Waals surface area contributed by atoms with E-state index in [2.05, 4.69) is 17.6 Å². The van der Waals surface area contributed by atoms with Crippen LogP contribution in [-0.4, -0.2) is 35.4 Å². The van der Waals surface area contributed by atoms with E-state index in [1.165, 1.54) is 0 Å². The SMILES string of the molecule is CN1CC(=O)C(C(N)=S)N1. The van der Waals surface area contributed by atoms with Crippen LogP contribution in [0, 0.1) is 0 Å². The predicted octanol–water partition coefficient (Wildman–Crippen LogP) is -1.34. The van der Waals surface area contributed by atoms with Gasteiger partial charge in [0.2, 0.25) is 0 Å². The monoisotopic (exact) mass is 159 g/mol. The minimum atomic E-state index is -0.444. The molecule has 0 aliphatic carbocycles. The molecule has 0 aromatic heterocycles. The van der Waals surface area contributed by atoms with Gasteiger partial charge in [0, 0.05) is 7.05 Å². The van der Waals surface area contributed by atoms with E-state index in [4.69, 9.17) is 5.73 Å². The van der Waals surface area contributed by atoms with Gasteiger partial charge in [0.05, 0.1) is 11.5 Å². The molecule has 10 heavy (non-hydrogen) atoms. The molecule has 1 aliphatic heterocycles. The highest BCUT2D eigenvalue weighted by Gasteiger charge is 2.29. The van der Waals surface area contributed by atoms with Crippen LogP contribution in [0.15, 0.2) is 0 Å². The Morgan fingerprint density at radius 3 is 2.80 bits per heavy atom. The number of rotatable bonds is 1. The fourth-order valence-electron chi connectivity index (χ4n) is 0.885. The van der Waals surface area contributed by atoms with Crippen LogP contribution in [0.25, 0.3) is 0 Å². The Balaban J connectivity index is 2.63. The van der Waals surface area contributed by atoms with Gasteiger partial charge in [-0.1, -0.05) is 12.2 Å². The van der Waals surface area contributed by atoms with Gasteiger partial charge in [0.25, 0.3) is 0 Å². The van der Waals surface area contributed by atoms with Crippen LogP contribution in [-0.2, 0) is 4.79 Å². The zero-order valence-corrected chi connectivity index (χ0v) is 6.44. The molecule has 1 atom stereocenters. The molecule has 5 heteroatoms. The van der Waals surface area contributed by atoms with E-state index in [1.807, 2.05) is 0 Å². The lowest BCUT2D eigenvalue weighted by molar-refractivity contribution is -0.116. The minimum absolute atomic E-state index is 0.0370. The second-order valence-corrected chi connectivity index (χ2v) is 2.76. The first-order valence-corrected chi connectivity index (χ1v) is 3.31. The maximum atomic E-state index is 11.0. The number of hydrogen-bond donors (Lipinski definition) is 2. The molecular weight excluding hydrogens is 150 g/mol. The van der Waals surface area contributed by atoms with Crippen molar-refractivity contribution < 1.29 is 4.79 Å². The summed E-state index contributed by atoms with van der Waals surface area (Å²) in [6.07, 6.45) is 0. The third-order valence-corrected chi connectivity index (χ3v) is 1.58. The predicted molar refractivity (Wildman–Crippen MR) is 41.3 cm³/mol. The number of likely N-dealkylation sites (N-methyl/N-ethyl adjacent to an activating group) is 1. The van der Waals surface area contributed by atoms with Crippen molar-refractivity contribution in [3.05, 3.63) is 0 Å². The number of nitrogens with two attached hydrogens (primary N) is 1. The standard InChI is InChI=1S/C5H9N3OS/c1-8-2-3(9)4(7-8)5(6)10/h4,7H,2H2,1H3,(H2,6,10). The van der Waals surface area contributed by atoms with Crippen molar-refractivity contribution in [2.24, 2.45) is 5.73 Å². The first-order valence-electron chi connectivity index (χ1n) is 2.90. The van der Waals surface area contributed by atoms with Crippen molar-refractivity contribution in [1.29, 1.82) is 0 Å². The number of hydrogen-bond acceptors (Lipinski definition) is 4. The molecule has 1 rings (SSSR count). The lowest BCUT2D eigenvalue weighted by Gasteiger charge is -2.08. The van der Waals surface area contributed by atoms with Crippen LogP contribution in [0.5, 0.6) is 0 Å². The second kappa shape index (κ2) is 2.61. The molecule has 0 saturated carbocycles. The Morgan fingerprint density at radius 2 is 2.60 bits per heavy atom. The van der Waals surface area contributed by atoms with Crippen LogP contribution in [0.2, 0.25) is 0 Å². The number of nitrogens with one attached hydrogen (secondary N) is 1. The van der Waals surface area contributed by atoms with E-state index >= 15 is 0 Å². The number of Topliss-reactive ketones (excluding diaryl/α,β-unsaturated/α-hetero) is 1. The van der Waals surface area contributed by atoms with Gasteiger partial charge < -0.3 is 5.73 Å². The zero-order valence-electron chi connectivity index (χ0n) is 5.63. The average Bonchev–Trinajstić information content (AvgIpc) is 2.10. The average molecular weight is 159 g/mol. The smallest absolute Gasteiger partial charge is 0.173 e. The second-order valence-electron chi connectivity index (χ2n) is 2.29. The first kappa shape index (κ1) is 7.59. The molecule has 3 N–H and O–H groups in total. The van der Waals surface area contributed by atoms with Crippen molar-refractivity contribution in [1.82, 2.24) is 10.4 Å². The van der Waals surface area contributed by atoms with Gasteiger partial charge in [0.1, 0.15) is 6.04 Å². The Hall–Kier alpha value is -0.520. The quantitative estimate of drug-likeness (QED) is 0.464. The Bertz CT molecular complexity index is 182. The number of hydrazine groups is 1. The van der Waals surface area contributed by atoms with Gasteiger partial charge in [-0.25, -0.2) is 10.4 Å². The van der Waals surface area contributed by atoms with Gasteiger partial charge in [-0.3, -0.25) is 4.79 Å². The summed E-state index contributed by atoms with van der Waals surface area (Å²) < 4.78 is 0. The molecule has 0 aromatic carbocycles. The highest BCUT2D eigenvalue weighted by molar-refractivity contribution is 7.80. The van der Waals surface area contributed by atoms with Gasteiger partial charge in [-0.05, 0) is 0 Å². The number of carbonyl (C=O) groups is 1. The minimum Gasteiger partial charge on any atom is -0.392 e. The summed E-state index contributed by atoms with van der Waals surface area (Å²) >= 11 is 4.65. The first-order chi connectivity index (χ1) is 4.61. The summed E-state index contributed by atoms with van der Waals surface area (Å²) in [6.45, 7) is 0.377. The molecule has 56 valence electrons. The molecule has 4 nitrogen and oxygen atoms in total. The van der Waals surface area contributed by atoms with Crippen LogP contribution in [0.4, 0.5) is 0 Å². The zero-order chi connectivity index (χ0) is 7.72. The molecule has 1 aliphatic rings. The van der Waals surface area contributed by atoms with Crippen LogP contribution >= 0.6 is 12.2 Å². The molecule has 0 spiro atoms. The lowest BCUT2D eigenvalue weighted by Crippen LogP contribution is -2.42. The fraction of sp³-hybridized carbons (Fsp3) is 0.600. The van der Waals surface area contributed by atoms with Crippen molar-refractivity contribution >= 4 is 23.0 Å². The summed E-state index contributed by atoms with van der Waals surface area (Å²) in [5.41, 5.74) is 8.09. The summed E-state index contributed by atoms with van der Waals surface area (Å²) in [6, 6.07) is -0.444. The molecule has 1 heterocycles. The number of carbonyl (C=O) groups excluding carboxylic acids is 1. The largest absolute Gasteiger partial charge is 0.392 e. The highest BCUT2D eigenvalue weighted by atomic mass is 32.1. The van der Waals surface area contributed by atoms with E-state index in [0.29, 0.717) is 6.54 Å². The van der Waals surface area contributed by atoms with Crippen LogP contribution < -0.4 is 11.2 Å². The highest BCUT2D eigenvalue weighted by Crippen LogP contribution is 1.98. The maximum absolute atomic E-state index is 11.0. The summed E-state index contributed by atoms with van der Waals surface area (Å²) in [7, 11) is 1.77. The van der Waals surface area contributed by atoms with Crippen LogP contribution in [0.1, 0.15) is 0 Å². The Kier molecular flexibility index (Phi) is 1.98. The van der Waals surface area contributed by atoms with E-state index in [-0.39, 0.29) is 10.8 Å². The Labute approximate surface area is 64.3 Å². The number of nitrogens with zero attached hydrogens (tertiary/aromatic N) is 1. The molecule has 0 radical (unpaired) electrons. The third-order valence-electron chi connectivity index (χ3n) is 1.35. The van der Waals surface area contributed by atoms with Gasteiger partial charge in [-0.2, -0.15) is 0 Å². The molecular formula is C5H9N3OS. The molecule has 1 fully saturated rings. The fourth-order valence-corrected chi connectivity index (χ4v) is 1.07. The van der Waals surface area contributed by atoms with Gasteiger partial charge >= 0.3 is 0 Å². The van der Waals surface area contributed by atoms with Gasteiger partial charge in [0.15, 0.2) is 5.78 Å². The summed E-state index contributed by atoms with van der Waals surface area (Å²) in [5.74, 6) is 0.0370. The molecule has 1 unspecified atom stereocenters. The van der Waals surface area contributed by atoms with Crippen molar-refractivity contribution in [3.63, 3.8) is 0 Å². The van der Waals surface area contributed by atoms with E-state index < -0.39 is 6.04 Å².